The molecule has 21 heavy (non-hydrogen) atoms. The van der Waals surface area contributed by atoms with Crippen molar-refractivity contribution >= 4 is 5.91 Å². The number of aryl methyl sites for hydroxylation is 2. The van der Waals surface area contributed by atoms with Crippen molar-refractivity contribution in [2.75, 3.05) is 6.61 Å². The van der Waals surface area contributed by atoms with Gasteiger partial charge in [-0.25, -0.2) is 0 Å². The Morgan fingerprint density at radius 3 is 2.19 bits per heavy atom. The molecule has 2 rings (SSSR count). The van der Waals surface area contributed by atoms with Gasteiger partial charge in [-0.3, -0.25) is 4.79 Å². The molecule has 2 aromatic carbocycles. The molecule has 0 saturated carbocycles. The predicted molar refractivity (Wildman–Crippen MR) is 84.3 cm³/mol. The highest BCUT2D eigenvalue weighted by Crippen LogP contribution is 2.21. The maximum Gasteiger partial charge on any atom is 0.252 e. The first-order valence-electron chi connectivity index (χ1n) is 7.02. The lowest BCUT2D eigenvalue weighted by Crippen LogP contribution is -2.46. The van der Waals surface area contributed by atoms with Gasteiger partial charge < -0.3 is 10.4 Å². The van der Waals surface area contributed by atoms with Crippen LogP contribution >= 0.6 is 0 Å². The van der Waals surface area contributed by atoms with E-state index in [1.165, 1.54) is 0 Å². The number of amides is 1. The summed E-state index contributed by atoms with van der Waals surface area (Å²) in [5, 5.41) is 12.7. The van der Waals surface area contributed by atoms with Gasteiger partial charge in [0, 0.05) is 5.56 Å². The summed E-state index contributed by atoms with van der Waals surface area (Å²) >= 11 is 0. The van der Waals surface area contributed by atoms with Crippen molar-refractivity contribution < 1.29 is 9.90 Å². The van der Waals surface area contributed by atoms with E-state index in [4.69, 9.17) is 0 Å². The van der Waals surface area contributed by atoms with E-state index in [0.717, 1.165) is 16.7 Å². The van der Waals surface area contributed by atoms with Gasteiger partial charge in [0.2, 0.25) is 0 Å². The third-order valence-electron chi connectivity index (χ3n) is 3.60. The molecule has 2 aromatic rings. The first-order valence-corrected chi connectivity index (χ1v) is 7.02. The van der Waals surface area contributed by atoms with Gasteiger partial charge in [-0.1, -0.05) is 47.5 Å². The topological polar surface area (TPSA) is 49.3 Å². The molecule has 110 valence electrons. The number of carbonyl (C=O) groups excluding carboxylic acids is 1. The molecule has 1 atom stereocenters. The Balaban J connectivity index is 2.28. The van der Waals surface area contributed by atoms with Crippen LogP contribution in [-0.2, 0) is 5.54 Å². The van der Waals surface area contributed by atoms with Crippen LogP contribution in [0.1, 0.15) is 34.0 Å². The van der Waals surface area contributed by atoms with E-state index >= 15 is 0 Å². The van der Waals surface area contributed by atoms with E-state index in [1.807, 2.05) is 69.3 Å². The zero-order valence-electron chi connectivity index (χ0n) is 12.7. The second kappa shape index (κ2) is 6.10. The number of aliphatic hydroxyl groups excluding tert-OH is 1. The minimum Gasteiger partial charge on any atom is -0.394 e. The standard InChI is InChI=1S/C18H21NO2/c1-13-9-14(2)11-15(10-13)17(21)19-18(3,12-20)16-7-5-4-6-8-16/h4-11,20H,12H2,1-3H3,(H,19,21). The maximum atomic E-state index is 12.5. The van der Waals surface area contributed by atoms with Crippen molar-refractivity contribution in [3.05, 3.63) is 70.8 Å². The Hall–Kier alpha value is -2.13. The highest BCUT2D eigenvalue weighted by molar-refractivity contribution is 5.95. The summed E-state index contributed by atoms with van der Waals surface area (Å²) in [5.74, 6) is -0.179. The molecule has 0 bridgehead atoms. The third kappa shape index (κ3) is 3.50. The molecule has 0 spiro atoms. The molecule has 2 N–H and O–H groups in total. The van der Waals surface area contributed by atoms with Gasteiger partial charge in [-0.15, -0.1) is 0 Å². The number of benzene rings is 2. The van der Waals surface area contributed by atoms with Crippen LogP contribution in [0.3, 0.4) is 0 Å². The van der Waals surface area contributed by atoms with Crippen LogP contribution in [0.4, 0.5) is 0 Å². The molecule has 3 nitrogen and oxygen atoms in total. The monoisotopic (exact) mass is 283 g/mol. The Labute approximate surface area is 125 Å². The number of hydrogen-bond donors (Lipinski definition) is 2. The number of carbonyl (C=O) groups is 1. The first kappa shape index (κ1) is 15.3. The van der Waals surface area contributed by atoms with Crippen molar-refractivity contribution in [2.24, 2.45) is 0 Å². The summed E-state index contributed by atoms with van der Waals surface area (Å²) < 4.78 is 0. The van der Waals surface area contributed by atoms with Gasteiger partial charge in [0.05, 0.1) is 12.1 Å². The smallest absolute Gasteiger partial charge is 0.252 e. The number of nitrogens with one attached hydrogen (secondary N) is 1. The molecule has 1 unspecified atom stereocenters. The largest absolute Gasteiger partial charge is 0.394 e. The van der Waals surface area contributed by atoms with Gasteiger partial charge in [0.15, 0.2) is 0 Å². The van der Waals surface area contributed by atoms with Crippen LogP contribution in [0.2, 0.25) is 0 Å². The molecule has 0 heterocycles. The average Bonchev–Trinajstić information content (AvgIpc) is 2.47. The quantitative estimate of drug-likeness (QED) is 0.906. The molecule has 3 heteroatoms. The van der Waals surface area contributed by atoms with E-state index < -0.39 is 5.54 Å². The van der Waals surface area contributed by atoms with Crippen LogP contribution < -0.4 is 5.32 Å². The van der Waals surface area contributed by atoms with Crippen LogP contribution in [-0.4, -0.2) is 17.6 Å². The average molecular weight is 283 g/mol. The minimum absolute atomic E-state index is 0.159. The van der Waals surface area contributed by atoms with E-state index in [9.17, 15) is 9.90 Å². The molecule has 0 aliphatic carbocycles. The Kier molecular flexibility index (Phi) is 4.43. The van der Waals surface area contributed by atoms with Gasteiger partial charge in [0.1, 0.15) is 0 Å². The number of rotatable bonds is 4. The molecule has 1 amide bonds. The zero-order chi connectivity index (χ0) is 15.5. The van der Waals surface area contributed by atoms with Gasteiger partial charge >= 0.3 is 0 Å². The Bertz CT molecular complexity index is 617. The van der Waals surface area contributed by atoms with Crippen LogP contribution in [0, 0.1) is 13.8 Å². The summed E-state index contributed by atoms with van der Waals surface area (Å²) in [6.07, 6.45) is 0. The lowest BCUT2D eigenvalue weighted by molar-refractivity contribution is 0.0849. The van der Waals surface area contributed by atoms with Crippen molar-refractivity contribution in [3.63, 3.8) is 0 Å². The summed E-state index contributed by atoms with van der Waals surface area (Å²) in [6, 6.07) is 15.2. The van der Waals surface area contributed by atoms with Crippen molar-refractivity contribution in [2.45, 2.75) is 26.3 Å². The van der Waals surface area contributed by atoms with Crippen LogP contribution in [0.15, 0.2) is 48.5 Å². The highest BCUT2D eigenvalue weighted by atomic mass is 16.3. The summed E-state index contributed by atoms with van der Waals surface area (Å²) in [6.45, 7) is 5.59. The maximum absolute atomic E-state index is 12.5. The molecular weight excluding hydrogens is 262 g/mol. The molecule has 0 aliphatic heterocycles. The third-order valence-corrected chi connectivity index (χ3v) is 3.60. The lowest BCUT2D eigenvalue weighted by Gasteiger charge is -2.29. The molecule has 0 fully saturated rings. The molecular formula is C18H21NO2. The van der Waals surface area contributed by atoms with Crippen molar-refractivity contribution in [1.29, 1.82) is 0 Å². The van der Waals surface area contributed by atoms with E-state index in [0.29, 0.717) is 5.56 Å². The molecule has 0 saturated heterocycles. The lowest BCUT2D eigenvalue weighted by atomic mass is 9.92. The van der Waals surface area contributed by atoms with Gasteiger partial charge in [-0.05, 0) is 38.5 Å². The summed E-state index contributed by atoms with van der Waals surface area (Å²) in [5.41, 5.74) is 2.79. The first-order chi connectivity index (χ1) is 9.94. The fourth-order valence-corrected chi connectivity index (χ4v) is 2.44. The highest BCUT2D eigenvalue weighted by Gasteiger charge is 2.28. The summed E-state index contributed by atoms with van der Waals surface area (Å²) in [4.78, 5) is 12.5. The second-order valence-corrected chi connectivity index (χ2v) is 5.69. The SMILES string of the molecule is Cc1cc(C)cc(C(=O)NC(C)(CO)c2ccccc2)c1. The predicted octanol–water partition coefficient (Wildman–Crippen LogP) is 2.94. The van der Waals surface area contributed by atoms with E-state index in [-0.39, 0.29) is 12.5 Å². The number of hydrogen-bond acceptors (Lipinski definition) is 2. The molecule has 0 aromatic heterocycles. The molecule has 0 radical (unpaired) electrons. The van der Waals surface area contributed by atoms with Gasteiger partial charge in [0.25, 0.3) is 5.91 Å². The summed E-state index contributed by atoms with van der Waals surface area (Å²) in [7, 11) is 0. The molecule has 0 aliphatic rings. The zero-order valence-corrected chi connectivity index (χ0v) is 12.7. The van der Waals surface area contributed by atoms with Gasteiger partial charge in [-0.2, -0.15) is 0 Å². The Morgan fingerprint density at radius 1 is 1.10 bits per heavy atom. The van der Waals surface area contributed by atoms with Crippen LogP contribution in [0.25, 0.3) is 0 Å². The normalized spacial score (nSPS) is 13.5. The van der Waals surface area contributed by atoms with E-state index in [1.54, 1.807) is 0 Å². The fraction of sp³-hybridized carbons (Fsp3) is 0.278. The van der Waals surface area contributed by atoms with Crippen LogP contribution in [0.5, 0.6) is 0 Å². The fourth-order valence-electron chi connectivity index (χ4n) is 2.44. The van der Waals surface area contributed by atoms with Crippen molar-refractivity contribution in [3.8, 4) is 0 Å². The number of aliphatic hydroxyl groups is 1. The Morgan fingerprint density at radius 2 is 1.67 bits per heavy atom. The van der Waals surface area contributed by atoms with Crippen molar-refractivity contribution in [1.82, 2.24) is 5.32 Å². The van der Waals surface area contributed by atoms with E-state index in [2.05, 4.69) is 5.32 Å². The second-order valence-electron chi connectivity index (χ2n) is 5.69. The minimum atomic E-state index is -0.796.